The maximum absolute atomic E-state index is 12.7. The Morgan fingerprint density at radius 1 is 1.36 bits per heavy atom. The van der Waals surface area contributed by atoms with Crippen molar-refractivity contribution in [2.75, 3.05) is 19.8 Å². The van der Waals surface area contributed by atoms with Crippen LogP contribution in [0, 0.1) is 0 Å². The van der Waals surface area contributed by atoms with Gasteiger partial charge in [0, 0.05) is 26.0 Å². The number of hydrogen-bond acceptors (Lipinski definition) is 5. The first-order valence-corrected chi connectivity index (χ1v) is 9.13. The first kappa shape index (κ1) is 15.6. The molecule has 1 aliphatic carbocycles. The fraction of sp³-hybridized carbons (Fsp3) is 0.533. The molecule has 3 rings (SSSR count). The summed E-state index contributed by atoms with van der Waals surface area (Å²) in [4.78, 5) is 32.7. The van der Waals surface area contributed by atoms with E-state index < -0.39 is 0 Å². The van der Waals surface area contributed by atoms with E-state index in [9.17, 15) is 9.59 Å². The van der Waals surface area contributed by atoms with Crippen molar-refractivity contribution in [3.63, 3.8) is 0 Å². The van der Waals surface area contributed by atoms with Crippen LogP contribution in [0.25, 0.3) is 10.2 Å². The van der Waals surface area contributed by atoms with Crippen molar-refractivity contribution < 1.29 is 4.79 Å². The van der Waals surface area contributed by atoms with Gasteiger partial charge in [0.2, 0.25) is 5.91 Å². The van der Waals surface area contributed by atoms with Gasteiger partial charge in [-0.15, -0.1) is 11.3 Å². The van der Waals surface area contributed by atoms with Gasteiger partial charge >= 0.3 is 0 Å². The summed E-state index contributed by atoms with van der Waals surface area (Å²) in [5.41, 5.74) is 1.23. The highest BCUT2D eigenvalue weighted by atomic mass is 32.2. The average Bonchev–Trinajstić information content (AvgIpc) is 2.87. The Kier molecular flexibility index (Phi) is 4.27. The number of fused-ring (bicyclic) bond motifs is 3. The largest absolute Gasteiger partial charge is 0.348 e. The first-order chi connectivity index (χ1) is 10.5. The van der Waals surface area contributed by atoms with Crippen LogP contribution in [0.3, 0.4) is 0 Å². The van der Waals surface area contributed by atoms with Gasteiger partial charge in [-0.25, -0.2) is 4.98 Å². The molecule has 0 fully saturated rings. The number of hydrogen-bond donors (Lipinski definition) is 0. The van der Waals surface area contributed by atoms with Crippen molar-refractivity contribution in [2.24, 2.45) is 7.05 Å². The Morgan fingerprint density at radius 2 is 2.09 bits per heavy atom. The molecule has 22 heavy (non-hydrogen) atoms. The molecule has 2 heterocycles. The van der Waals surface area contributed by atoms with Crippen molar-refractivity contribution in [2.45, 2.75) is 30.8 Å². The summed E-state index contributed by atoms with van der Waals surface area (Å²) < 4.78 is 1.58. The molecule has 0 saturated heterocycles. The number of rotatable bonds is 3. The highest BCUT2D eigenvalue weighted by molar-refractivity contribution is 7.99. The summed E-state index contributed by atoms with van der Waals surface area (Å²) in [7, 11) is 5.20. The second-order valence-electron chi connectivity index (χ2n) is 5.73. The van der Waals surface area contributed by atoms with Crippen LogP contribution in [-0.2, 0) is 24.7 Å². The maximum atomic E-state index is 12.7. The zero-order valence-electron chi connectivity index (χ0n) is 13.0. The van der Waals surface area contributed by atoms with E-state index in [-0.39, 0.29) is 11.5 Å². The lowest BCUT2D eigenvalue weighted by molar-refractivity contribution is -0.125. The summed E-state index contributed by atoms with van der Waals surface area (Å²) in [6.45, 7) is 0. The highest BCUT2D eigenvalue weighted by Crippen LogP contribution is 2.34. The Bertz CT molecular complexity index is 792. The number of carbonyl (C=O) groups excluding carboxylic acids is 1. The molecule has 118 valence electrons. The lowest BCUT2D eigenvalue weighted by Crippen LogP contribution is -2.25. The second-order valence-corrected chi connectivity index (χ2v) is 7.75. The zero-order valence-corrected chi connectivity index (χ0v) is 14.6. The third-order valence-electron chi connectivity index (χ3n) is 3.98. The van der Waals surface area contributed by atoms with Crippen LogP contribution in [0.1, 0.15) is 23.3 Å². The minimum Gasteiger partial charge on any atom is -0.348 e. The van der Waals surface area contributed by atoms with Gasteiger partial charge < -0.3 is 4.90 Å². The van der Waals surface area contributed by atoms with E-state index in [1.165, 1.54) is 28.6 Å². The van der Waals surface area contributed by atoms with Crippen LogP contribution in [0.5, 0.6) is 0 Å². The fourth-order valence-corrected chi connectivity index (χ4v) is 4.90. The smallest absolute Gasteiger partial charge is 0.262 e. The SMILES string of the molecule is CN(C)C(=O)CSc1nc2sc3c(c2c(=O)n1C)CCCC3. The molecule has 0 bridgehead atoms. The molecular formula is C15H19N3O2S2. The van der Waals surface area contributed by atoms with E-state index in [2.05, 4.69) is 4.98 Å². The van der Waals surface area contributed by atoms with Crippen molar-refractivity contribution >= 4 is 39.2 Å². The van der Waals surface area contributed by atoms with Gasteiger partial charge in [0.05, 0.1) is 11.1 Å². The quantitative estimate of drug-likeness (QED) is 0.635. The van der Waals surface area contributed by atoms with E-state index in [1.807, 2.05) is 0 Å². The highest BCUT2D eigenvalue weighted by Gasteiger charge is 2.21. The lowest BCUT2D eigenvalue weighted by Gasteiger charge is -2.12. The Labute approximate surface area is 137 Å². The molecule has 0 atom stereocenters. The van der Waals surface area contributed by atoms with Gasteiger partial charge in [-0.05, 0) is 31.2 Å². The number of amides is 1. The second kappa shape index (κ2) is 6.04. The van der Waals surface area contributed by atoms with Gasteiger partial charge in [-0.2, -0.15) is 0 Å². The van der Waals surface area contributed by atoms with Crippen molar-refractivity contribution in [1.29, 1.82) is 0 Å². The fourth-order valence-electron chi connectivity index (χ4n) is 2.65. The lowest BCUT2D eigenvalue weighted by atomic mass is 9.97. The van der Waals surface area contributed by atoms with E-state index in [1.54, 1.807) is 41.9 Å². The van der Waals surface area contributed by atoms with Crippen molar-refractivity contribution in [3.8, 4) is 0 Å². The van der Waals surface area contributed by atoms with Crippen LogP contribution in [0.2, 0.25) is 0 Å². The number of aryl methyl sites for hydroxylation is 2. The molecule has 0 radical (unpaired) electrons. The maximum Gasteiger partial charge on any atom is 0.262 e. The predicted molar refractivity (Wildman–Crippen MR) is 90.9 cm³/mol. The van der Waals surface area contributed by atoms with Crippen molar-refractivity contribution in [3.05, 3.63) is 20.8 Å². The molecule has 1 aliphatic rings. The normalized spacial score (nSPS) is 14.1. The van der Waals surface area contributed by atoms with Crippen LogP contribution in [0.15, 0.2) is 9.95 Å². The molecule has 0 N–H and O–H groups in total. The molecule has 0 saturated carbocycles. The molecule has 2 aromatic heterocycles. The Morgan fingerprint density at radius 3 is 2.82 bits per heavy atom. The number of nitrogens with zero attached hydrogens (tertiary/aromatic N) is 3. The number of aromatic nitrogens is 2. The molecule has 2 aromatic rings. The van der Waals surface area contributed by atoms with E-state index in [4.69, 9.17) is 0 Å². The molecule has 0 aromatic carbocycles. The monoisotopic (exact) mass is 337 g/mol. The van der Waals surface area contributed by atoms with Gasteiger partial charge in [0.25, 0.3) is 5.56 Å². The zero-order chi connectivity index (χ0) is 15.9. The van der Waals surface area contributed by atoms with E-state index in [0.717, 1.165) is 29.5 Å². The van der Waals surface area contributed by atoms with Crippen molar-refractivity contribution in [1.82, 2.24) is 14.5 Å². The summed E-state index contributed by atoms with van der Waals surface area (Å²) in [6, 6.07) is 0. The summed E-state index contributed by atoms with van der Waals surface area (Å²) in [5, 5.41) is 1.41. The third kappa shape index (κ3) is 2.67. The standard InChI is InChI=1S/C15H19N3O2S2/c1-17(2)11(19)8-21-15-16-13-12(14(20)18(15)3)9-6-4-5-7-10(9)22-13/h4-8H2,1-3H3. The van der Waals surface area contributed by atoms with Crippen LogP contribution >= 0.6 is 23.1 Å². The Balaban J connectivity index is 2.01. The number of carbonyl (C=O) groups is 1. The molecule has 7 heteroatoms. The number of thiophene rings is 1. The van der Waals surface area contributed by atoms with Gasteiger partial charge in [-0.3, -0.25) is 14.2 Å². The minimum atomic E-state index is 0.0178. The molecule has 0 unspecified atom stereocenters. The van der Waals surface area contributed by atoms with E-state index >= 15 is 0 Å². The molecule has 5 nitrogen and oxygen atoms in total. The first-order valence-electron chi connectivity index (χ1n) is 7.33. The predicted octanol–water partition coefficient (Wildman–Crippen LogP) is 2.05. The molecular weight excluding hydrogens is 318 g/mol. The summed E-state index contributed by atoms with van der Waals surface area (Å²) in [6.07, 6.45) is 4.38. The van der Waals surface area contributed by atoms with Gasteiger partial charge in [0.1, 0.15) is 4.83 Å². The van der Waals surface area contributed by atoms with Crippen LogP contribution < -0.4 is 5.56 Å². The molecule has 0 spiro atoms. The number of thioether (sulfide) groups is 1. The Hall–Kier alpha value is -1.34. The topological polar surface area (TPSA) is 55.2 Å². The van der Waals surface area contributed by atoms with Gasteiger partial charge in [-0.1, -0.05) is 11.8 Å². The molecule has 1 amide bonds. The van der Waals surface area contributed by atoms with Crippen LogP contribution in [-0.4, -0.2) is 40.2 Å². The summed E-state index contributed by atoms with van der Waals surface area (Å²) >= 11 is 2.97. The minimum absolute atomic E-state index is 0.0178. The molecule has 0 aliphatic heterocycles. The van der Waals surface area contributed by atoms with Crippen LogP contribution in [0.4, 0.5) is 0 Å². The summed E-state index contributed by atoms with van der Waals surface area (Å²) in [5.74, 6) is 0.314. The third-order valence-corrected chi connectivity index (χ3v) is 6.18. The van der Waals surface area contributed by atoms with Gasteiger partial charge in [0.15, 0.2) is 5.16 Å². The average molecular weight is 337 g/mol. The van der Waals surface area contributed by atoms with E-state index in [0.29, 0.717) is 10.9 Å².